The smallest absolute Gasteiger partial charge is 0.247 e. The lowest BCUT2D eigenvalue weighted by Crippen LogP contribution is -2.47. The van der Waals surface area contributed by atoms with Crippen molar-refractivity contribution in [1.29, 1.82) is 0 Å². The highest BCUT2D eigenvalue weighted by molar-refractivity contribution is 6.02. The van der Waals surface area contributed by atoms with Crippen LogP contribution in [-0.2, 0) is 16.1 Å². The standard InChI is InChI=1S/C31H34N8O3/c1-4-29(40)33-24-15-25(27(41-3)16-26(24)37(2)23-19-42-20-23)34-31-32-12-11-28(35-31)39-18-22(17-38-13-8-14-38)30(36-39)21-9-6-5-7-10-21/h4-7,9-12,15-16,18,23H,1,8,13-14,17,19-20H2,2-3H3,(H,33,40)(H,32,34,35). The van der Waals surface area contributed by atoms with E-state index in [2.05, 4.69) is 44.1 Å². The summed E-state index contributed by atoms with van der Waals surface area (Å²) in [6.45, 7) is 7.86. The molecule has 4 heterocycles. The van der Waals surface area contributed by atoms with Crippen LogP contribution in [0.4, 0.5) is 23.0 Å². The monoisotopic (exact) mass is 566 g/mol. The number of anilines is 4. The van der Waals surface area contributed by atoms with Gasteiger partial charge < -0.3 is 25.0 Å². The second-order valence-corrected chi connectivity index (χ2v) is 10.4. The summed E-state index contributed by atoms with van der Waals surface area (Å²) < 4.78 is 12.9. The number of aromatic nitrogens is 4. The lowest BCUT2D eigenvalue weighted by molar-refractivity contribution is -0.111. The Morgan fingerprint density at radius 3 is 2.67 bits per heavy atom. The van der Waals surface area contributed by atoms with E-state index in [1.54, 1.807) is 18.0 Å². The normalized spacial score (nSPS) is 14.9. The molecule has 2 aliphatic heterocycles. The molecule has 0 bridgehead atoms. The summed E-state index contributed by atoms with van der Waals surface area (Å²) in [7, 11) is 3.57. The zero-order valence-corrected chi connectivity index (χ0v) is 23.8. The van der Waals surface area contributed by atoms with Gasteiger partial charge in [0.2, 0.25) is 11.9 Å². The first-order valence-electron chi connectivity index (χ1n) is 13.9. The summed E-state index contributed by atoms with van der Waals surface area (Å²) in [6.07, 6.45) is 6.20. The van der Waals surface area contributed by atoms with Crippen LogP contribution in [0.1, 0.15) is 12.0 Å². The van der Waals surface area contributed by atoms with Crippen molar-refractivity contribution >= 4 is 28.9 Å². The zero-order valence-electron chi connectivity index (χ0n) is 23.8. The molecule has 2 fully saturated rings. The van der Waals surface area contributed by atoms with Crippen molar-refractivity contribution in [1.82, 2.24) is 24.6 Å². The molecule has 42 heavy (non-hydrogen) atoms. The number of carbonyl (C=O) groups excluding carboxylic acids is 1. The lowest BCUT2D eigenvalue weighted by atomic mass is 10.1. The predicted molar refractivity (Wildman–Crippen MR) is 163 cm³/mol. The number of methoxy groups -OCH3 is 1. The summed E-state index contributed by atoms with van der Waals surface area (Å²) >= 11 is 0. The van der Waals surface area contributed by atoms with E-state index in [1.165, 1.54) is 12.5 Å². The molecule has 11 nitrogen and oxygen atoms in total. The van der Waals surface area contributed by atoms with Gasteiger partial charge in [-0.2, -0.15) is 10.1 Å². The van der Waals surface area contributed by atoms with Crippen molar-refractivity contribution in [2.24, 2.45) is 0 Å². The van der Waals surface area contributed by atoms with Crippen LogP contribution < -0.4 is 20.3 Å². The molecule has 2 N–H and O–H groups in total. The van der Waals surface area contributed by atoms with E-state index in [0.717, 1.165) is 42.1 Å². The third-order valence-corrected chi connectivity index (χ3v) is 7.61. The molecule has 2 aromatic heterocycles. The Bertz CT molecular complexity index is 1580. The van der Waals surface area contributed by atoms with E-state index in [9.17, 15) is 4.79 Å². The Balaban J connectivity index is 1.32. The van der Waals surface area contributed by atoms with Gasteiger partial charge in [0.15, 0.2) is 5.82 Å². The van der Waals surface area contributed by atoms with Gasteiger partial charge >= 0.3 is 0 Å². The van der Waals surface area contributed by atoms with E-state index in [0.29, 0.717) is 42.1 Å². The molecule has 11 heteroatoms. The van der Waals surface area contributed by atoms with Crippen molar-refractivity contribution in [3.8, 4) is 22.8 Å². The van der Waals surface area contributed by atoms with E-state index in [1.807, 2.05) is 49.6 Å². The maximum absolute atomic E-state index is 12.3. The minimum atomic E-state index is -0.314. The number of ether oxygens (including phenoxy) is 2. The summed E-state index contributed by atoms with van der Waals surface area (Å²) in [6, 6.07) is 15.9. The van der Waals surface area contributed by atoms with Crippen LogP contribution in [0.25, 0.3) is 17.1 Å². The zero-order chi connectivity index (χ0) is 29.1. The molecule has 2 saturated heterocycles. The highest BCUT2D eigenvalue weighted by Gasteiger charge is 2.27. The highest BCUT2D eigenvalue weighted by Crippen LogP contribution is 2.39. The van der Waals surface area contributed by atoms with Crippen LogP contribution in [0.2, 0.25) is 0 Å². The van der Waals surface area contributed by atoms with E-state index in [4.69, 9.17) is 19.6 Å². The third kappa shape index (κ3) is 5.69. The fourth-order valence-corrected chi connectivity index (χ4v) is 4.97. The molecule has 2 aromatic carbocycles. The quantitative estimate of drug-likeness (QED) is 0.258. The molecular weight excluding hydrogens is 532 g/mol. The number of carbonyl (C=O) groups is 1. The van der Waals surface area contributed by atoms with Gasteiger partial charge in [-0.1, -0.05) is 36.9 Å². The molecule has 4 aromatic rings. The van der Waals surface area contributed by atoms with Crippen molar-refractivity contribution < 1.29 is 14.3 Å². The molecule has 0 radical (unpaired) electrons. The average molecular weight is 567 g/mol. The number of likely N-dealkylation sites (N-methyl/N-ethyl adjacent to an activating group) is 1. The van der Waals surface area contributed by atoms with Gasteiger partial charge in [-0.15, -0.1) is 0 Å². The summed E-state index contributed by atoms with van der Waals surface area (Å²) in [5.74, 6) is 1.25. The van der Waals surface area contributed by atoms with Crippen LogP contribution in [0.3, 0.4) is 0 Å². The van der Waals surface area contributed by atoms with E-state index < -0.39 is 0 Å². The molecule has 0 atom stereocenters. The number of benzene rings is 2. The predicted octanol–water partition coefficient (Wildman–Crippen LogP) is 4.25. The molecule has 0 spiro atoms. The molecule has 2 aliphatic rings. The first kappa shape index (κ1) is 27.4. The van der Waals surface area contributed by atoms with Gasteiger partial charge in [-0.3, -0.25) is 9.69 Å². The second-order valence-electron chi connectivity index (χ2n) is 10.4. The Labute approximate surface area is 244 Å². The largest absolute Gasteiger partial charge is 0.494 e. The molecule has 0 aliphatic carbocycles. The number of hydrogen-bond acceptors (Lipinski definition) is 9. The molecule has 1 amide bonds. The van der Waals surface area contributed by atoms with Crippen molar-refractivity contribution in [2.75, 3.05) is 56.0 Å². The minimum Gasteiger partial charge on any atom is -0.494 e. The van der Waals surface area contributed by atoms with Crippen LogP contribution in [-0.4, -0.2) is 77.1 Å². The van der Waals surface area contributed by atoms with Gasteiger partial charge in [0.1, 0.15) is 5.75 Å². The maximum Gasteiger partial charge on any atom is 0.247 e. The number of nitrogens with one attached hydrogen (secondary N) is 2. The number of likely N-dealkylation sites (tertiary alicyclic amines) is 1. The van der Waals surface area contributed by atoms with Crippen molar-refractivity contribution in [3.63, 3.8) is 0 Å². The van der Waals surface area contributed by atoms with Crippen molar-refractivity contribution in [2.45, 2.75) is 19.0 Å². The summed E-state index contributed by atoms with van der Waals surface area (Å²) in [5.41, 5.74) is 5.15. The molecule has 6 rings (SSSR count). The number of amides is 1. The molecular formula is C31H34N8O3. The van der Waals surface area contributed by atoms with Crippen LogP contribution >= 0.6 is 0 Å². The Morgan fingerprint density at radius 2 is 2.00 bits per heavy atom. The van der Waals surface area contributed by atoms with Gasteiger partial charge in [-0.25, -0.2) is 9.67 Å². The molecule has 0 saturated carbocycles. The number of rotatable bonds is 11. The lowest BCUT2D eigenvalue weighted by Gasteiger charge is -2.37. The molecule has 216 valence electrons. The van der Waals surface area contributed by atoms with E-state index in [-0.39, 0.29) is 11.9 Å². The van der Waals surface area contributed by atoms with E-state index >= 15 is 0 Å². The number of nitrogens with zero attached hydrogens (tertiary/aromatic N) is 6. The second kappa shape index (κ2) is 12.0. The van der Waals surface area contributed by atoms with Gasteiger partial charge in [0.25, 0.3) is 0 Å². The third-order valence-electron chi connectivity index (χ3n) is 7.61. The topological polar surface area (TPSA) is 110 Å². The fourth-order valence-electron chi connectivity index (χ4n) is 4.97. The van der Waals surface area contributed by atoms with Gasteiger partial charge in [-0.05, 0) is 31.7 Å². The fraction of sp³-hybridized carbons (Fsp3) is 0.290. The highest BCUT2D eigenvalue weighted by atomic mass is 16.5. The minimum absolute atomic E-state index is 0.203. The van der Waals surface area contributed by atoms with Crippen molar-refractivity contribution in [3.05, 3.63) is 79.1 Å². The Kier molecular flexibility index (Phi) is 7.85. The summed E-state index contributed by atoms with van der Waals surface area (Å²) in [4.78, 5) is 26.0. The first-order valence-corrected chi connectivity index (χ1v) is 13.9. The Hall–Kier alpha value is -4.74. The van der Waals surface area contributed by atoms with Crippen LogP contribution in [0.15, 0.2) is 73.6 Å². The van der Waals surface area contributed by atoms with Gasteiger partial charge in [0.05, 0.1) is 49.1 Å². The maximum atomic E-state index is 12.3. The van der Waals surface area contributed by atoms with Gasteiger partial charge in [0, 0.05) is 49.2 Å². The van der Waals surface area contributed by atoms with Crippen LogP contribution in [0, 0.1) is 0 Å². The number of hydrogen-bond donors (Lipinski definition) is 2. The summed E-state index contributed by atoms with van der Waals surface area (Å²) in [5, 5.41) is 11.1. The molecule has 0 unspecified atom stereocenters. The van der Waals surface area contributed by atoms with Crippen LogP contribution in [0.5, 0.6) is 5.75 Å². The SMILES string of the molecule is C=CC(=O)Nc1cc(Nc2nccc(-n3cc(CN4CCC4)c(-c4ccccc4)n3)n2)c(OC)cc1N(C)C1COC1. The Morgan fingerprint density at radius 1 is 1.19 bits per heavy atom. The first-order chi connectivity index (χ1) is 20.5. The average Bonchev–Trinajstić information content (AvgIpc) is 3.39.